The number of hydrogen-bond donors (Lipinski definition) is 0. The Balaban J connectivity index is 3.32. The number of hydrogen-bond acceptors (Lipinski definition) is 1. The van der Waals surface area contributed by atoms with E-state index in [4.69, 9.17) is 23.2 Å². The minimum atomic E-state index is -0.318. The second kappa shape index (κ2) is 4.86. The number of allylic oxidation sites excluding steroid dienone is 2. The molecule has 2 atom stereocenters. The molecule has 1 aromatic heterocycles. The lowest BCUT2D eigenvalue weighted by Gasteiger charge is -2.10. The Morgan fingerprint density at radius 1 is 1.27 bits per heavy atom. The van der Waals surface area contributed by atoms with E-state index in [1.807, 2.05) is 18.5 Å². The lowest BCUT2D eigenvalue weighted by atomic mass is 10.2. The fraction of sp³-hybridized carbons (Fsp3) is 0.364. The fourth-order valence-corrected chi connectivity index (χ4v) is 1.82. The molecule has 0 aromatic carbocycles. The molecule has 2 unspecified atom stereocenters. The average molecular weight is 245 g/mol. The van der Waals surface area contributed by atoms with Crippen LogP contribution in [0.25, 0.3) is 0 Å². The summed E-state index contributed by atoms with van der Waals surface area (Å²) in [5.41, 5.74) is 1.63. The largest absolute Gasteiger partial charge is 0.333 e. The highest BCUT2D eigenvalue weighted by molar-refractivity contribution is 6.23. The van der Waals surface area contributed by atoms with Gasteiger partial charge in [0.2, 0.25) is 0 Å². The molecule has 1 aromatic rings. The molecular weight excluding hydrogens is 231 g/mol. The van der Waals surface area contributed by atoms with E-state index in [0.29, 0.717) is 0 Å². The molecule has 0 fully saturated rings. The van der Waals surface area contributed by atoms with Gasteiger partial charge in [-0.2, -0.15) is 0 Å². The van der Waals surface area contributed by atoms with Crippen molar-refractivity contribution in [3.05, 3.63) is 42.5 Å². The van der Waals surface area contributed by atoms with Crippen LogP contribution in [0.15, 0.2) is 25.3 Å². The first-order chi connectivity index (χ1) is 7.02. The van der Waals surface area contributed by atoms with Gasteiger partial charge in [-0.1, -0.05) is 12.2 Å². The van der Waals surface area contributed by atoms with Gasteiger partial charge in [-0.05, 0) is 6.92 Å². The van der Waals surface area contributed by atoms with Crippen LogP contribution in [0.2, 0.25) is 0 Å². The number of alkyl halides is 2. The predicted molar refractivity (Wildman–Crippen MR) is 65.5 cm³/mol. The molecular formula is C11H14Cl2N2. The quantitative estimate of drug-likeness (QED) is 0.584. The molecule has 0 aliphatic rings. The molecule has 0 saturated heterocycles. The van der Waals surface area contributed by atoms with E-state index in [-0.39, 0.29) is 10.8 Å². The van der Waals surface area contributed by atoms with Crippen molar-refractivity contribution in [2.75, 3.05) is 0 Å². The van der Waals surface area contributed by atoms with Crippen LogP contribution in [-0.4, -0.2) is 9.55 Å². The first-order valence-corrected chi connectivity index (χ1v) is 5.46. The first kappa shape index (κ1) is 12.3. The van der Waals surface area contributed by atoms with E-state index < -0.39 is 0 Å². The van der Waals surface area contributed by atoms with Crippen LogP contribution < -0.4 is 0 Å². The Kier molecular flexibility index (Phi) is 4.00. The van der Waals surface area contributed by atoms with Crippen molar-refractivity contribution in [3.8, 4) is 0 Å². The molecule has 0 saturated carbocycles. The summed E-state index contributed by atoms with van der Waals surface area (Å²) < 4.78 is 1.92. The van der Waals surface area contributed by atoms with Gasteiger partial charge < -0.3 is 4.57 Å². The maximum atomic E-state index is 6.14. The third kappa shape index (κ3) is 2.27. The van der Waals surface area contributed by atoms with Crippen molar-refractivity contribution in [2.24, 2.45) is 7.05 Å². The van der Waals surface area contributed by atoms with Gasteiger partial charge in [0, 0.05) is 7.05 Å². The topological polar surface area (TPSA) is 17.8 Å². The maximum Gasteiger partial charge on any atom is 0.105 e. The minimum Gasteiger partial charge on any atom is -0.333 e. The number of aromatic nitrogens is 2. The van der Waals surface area contributed by atoms with Crippen molar-refractivity contribution in [1.29, 1.82) is 0 Å². The summed E-state index contributed by atoms with van der Waals surface area (Å²) in [5, 5.41) is -0.603. The molecule has 0 aliphatic heterocycles. The SMILES string of the molecule is C=CC(Cl)c1nc(C)n(C)c1C(Cl)C=C. The van der Waals surface area contributed by atoms with Crippen LogP contribution in [0, 0.1) is 6.92 Å². The Morgan fingerprint density at radius 2 is 1.80 bits per heavy atom. The molecule has 0 N–H and O–H groups in total. The molecule has 0 spiro atoms. The van der Waals surface area contributed by atoms with E-state index >= 15 is 0 Å². The van der Waals surface area contributed by atoms with Crippen molar-refractivity contribution in [1.82, 2.24) is 9.55 Å². The van der Waals surface area contributed by atoms with Gasteiger partial charge >= 0.3 is 0 Å². The molecule has 4 heteroatoms. The summed E-state index contributed by atoms with van der Waals surface area (Å²) in [6.07, 6.45) is 3.30. The lowest BCUT2D eigenvalue weighted by Crippen LogP contribution is -2.02. The van der Waals surface area contributed by atoms with Gasteiger partial charge in [-0.25, -0.2) is 4.98 Å². The average Bonchev–Trinajstić information content (AvgIpc) is 2.53. The first-order valence-electron chi connectivity index (χ1n) is 4.59. The molecule has 1 rings (SSSR count). The number of nitrogens with zero attached hydrogens (tertiary/aromatic N) is 2. The number of imidazole rings is 1. The van der Waals surface area contributed by atoms with E-state index in [9.17, 15) is 0 Å². The van der Waals surface area contributed by atoms with Crippen LogP contribution in [0.1, 0.15) is 28.0 Å². The van der Waals surface area contributed by atoms with Crippen LogP contribution in [0.4, 0.5) is 0 Å². The second-order valence-electron chi connectivity index (χ2n) is 3.26. The van der Waals surface area contributed by atoms with Gasteiger partial charge in [0.1, 0.15) is 5.82 Å². The summed E-state index contributed by atoms with van der Waals surface area (Å²) in [4.78, 5) is 4.38. The van der Waals surface area contributed by atoms with Crippen LogP contribution in [-0.2, 0) is 7.05 Å². The summed E-state index contributed by atoms with van der Waals surface area (Å²) in [5.74, 6) is 0.875. The van der Waals surface area contributed by atoms with Gasteiger partial charge in [-0.3, -0.25) is 0 Å². The summed E-state index contributed by atoms with van der Waals surface area (Å²) >= 11 is 12.2. The summed E-state index contributed by atoms with van der Waals surface area (Å²) in [7, 11) is 1.91. The third-order valence-electron chi connectivity index (χ3n) is 2.33. The van der Waals surface area contributed by atoms with Gasteiger partial charge in [0.25, 0.3) is 0 Å². The highest BCUT2D eigenvalue weighted by Crippen LogP contribution is 2.32. The van der Waals surface area contributed by atoms with Crippen LogP contribution >= 0.6 is 23.2 Å². The van der Waals surface area contributed by atoms with Crippen LogP contribution in [0.3, 0.4) is 0 Å². The molecule has 0 aliphatic carbocycles. The van der Waals surface area contributed by atoms with Crippen LogP contribution in [0.5, 0.6) is 0 Å². The Hall–Kier alpha value is -0.730. The molecule has 1 heterocycles. The Labute approximate surface area is 100 Å². The zero-order valence-corrected chi connectivity index (χ0v) is 10.4. The predicted octanol–water partition coefficient (Wildman–Crippen LogP) is 3.66. The standard InChI is InChI=1S/C11H14Cl2N2/c1-5-8(12)10-11(9(13)6-2)15(4)7(3)14-10/h5-6,8-9H,1-2H2,3-4H3. The smallest absolute Gasteiger partial charge is 0.105 e. The number of halogens is 2. The number of rotatable bonds is 4. The van der Waals surface area contributed by atoms with Crippen molar-refractivity contribution in [3.63, 3.8) is 0 Å². The molecule has 0 radical (unpaired) electrons. The molecule has 0 bridgehead atoms. The summed E-state index contributed by atoms with van der Waals surface area (Å²) in [6.45, 7) is 9.23. The number of aryl methyl sites for hydroxylation is 1. The Bertz CT molecular complexity index is 382. The van der Waals surface area contributed by atoms with Crippen molar-refractivity contribution < 1.29 is 0 Å². The van der Waals surface area contributed by atoms with Crippen molar-refractivity contribution >= 4 is 23.2 Å². The summed E-state index contributed by atoms with van der Waals surface area (Å²) in [6, 6.07) is 0. The zero-order chi connectivity index (χ0) is 11.6. The van der Waals surface area contributed by atoms with E-state index in [0.717, 1.165) is 17.2 Å². The minimum absolute atomic E-state index is 0.285. The molecule has 0 amide bonds. The lowest BCUT2D eigenvalue weighted by molar-refractivity contribution is 0.801. The Morgan fingerprint density at radius 3 is 2.27 bits per heavy atom. The molecule has 82 valence electrons. The van der Waals surface area contributed by atoms with Gasteiger partial charge in [0.15, 0.2) is 0 Å². The molecule has 15 heavy (non-hydrogen) atoms. The fourth-order valence-electron chi connectivity index (χ4n) is 1.41. The second-order valence-corrected chi connectivity index (χ2v) is 4.20. The zero-order valence-electron chi connectivity index (χ0n) is 8.87. The van der Waals surface area contributed by atoms with Crippen molar-refractivity contribution in [2.45, 2.75) is 17.7 Å². The highest BCUT2D eigenvalue weighted by Gasteiger charge is 2.21. The van der Waals surface area contributed by atoms with E-state index in [1.54, 1.807) is 12.2 Å². The monoisotopic (exact) mass is 244 g/mol. The molecule has 2 nitrogen and oxygen atoms in total. The third-order valence-corrected chi connectivity index (χ3v) is 3.10. The maximum absolute atomic E-state index is 6.14. The van der Waals surface area contributed by atoms with E-state index in [1.165, 1.54) is 0 Å². The highest BCUT2D eigenvalue weighted by atomic mass is 35.5. The van der Waals surface area contributed by atoms with E-state index in [2.05, 4.69) is 18.1 Å². The normalized spacial score (nSPS) is 14.7. The van der Waals surface area contributed by atoms with Gasteiger partial charge in [0.05, 0.1) is 22.1 Å². The van der Waals surface area contributed by atoms with Gasteiger partial charge in [-0.15, -0.1) is 36.4 Å².